The van der Waals surface area contributed by atoms with Crippen LogP contribution in [0, 0.1) is 13.8 Å². The third-order valence-electron chi connectivity index (χ3n) is 21.9. The summed E-state index contributed by atoms with van der Waals surface area (Å²) in [7, 11) is 0. The van der Waals surface area contributed by atoms with Crippen LogP contribution < -0.4 is 14.7 Å². The zero-order valence-electron chi connectivity index (χ0n) is 53.2. The van der Waals surface area contributed by atoms with Crippen LogP contribution in [0.4, 0.5) is 51.2 Å². The van der Waals surface area contributed by atoms with E-state index >= 15 is 0 Å². The normalized spacial score (nSPS) is 15.3. The van der Waals surface area contributed by atoms with E-state index in [1.165, 1.54) is 141 Å². The van der Waals surface area contributed by atoms with Crippen molar-refractivity contribution in [1.29, 1.82) is 0 Å². The van der Waals surface area contributed by atoms with Crippen molar-refractivity contribution in [3.63, 3.8) is 0 Å². The molecule has 0 unspecified atom stereocenters. The Balaban J connectivity index is 0.938. The highest BCUT2D eigenvalue weighted by molar-refractivity contribution is 6.21. The summed E-state index contributed by atoms with van der Waals surface area (Å²) in [6.07, 6.45) is 12.4. The maximum atomic E-state index is 7.51. The van der Waals surface area contributed by atoms with Crippen molar-refractivity contribution in [2.45, 2.75) is 95.3 Å². The highest BCUT2D eigenvalue weighted by atomic mass is 16.3. The van der Waals surface area contributed by atoms with Crippen LogP contribution in [0.1, 0.15) is 121 Å². The van der Waals surface area contributed by atoms with Crippen molar-refractivity contribution in [2.24, 2.45) is 0 Å². The summed E-state index contributed by atoms with van der Waals surface area (Å²) in [5.41, 5.74) is 25.1. The third-order valence-corrected chi connectivity index (χ3v) is 21.9. The van der Waals surface area contributed by atoms with Crippen LogP contribution in [0.2, 0.25) is 0 Å². The van der Waals surface area contributed by atoms with Gasteiger partial charge in [-0.1, -0.05) is 238 Å². The summed E-state index contributed by atoms with van der Waals surface area (Å²) in [4.78, 5) is 7.55. The lowest BCUT2D eigenvalue weighted by molar-refractivity contribution is 0.442. The molecule has 454 valence electrons. The maximum Gasteiger partial charge on any atom is 0.159 e. The summed E-state index contributed by atoms with van der Waals surface area (Å²) in [5.74, 6) is 0.955. The lowest BCUT2D eigenvalue weighted by atomic mass is 9.64. The molecule has 15 aromatic rings. The Labute approximate surface area is 548 Å². The second-order valence-electron chi connectivity index (χ2n) is 27.2. The lowest BCUT2D eigenvalue weighted by Crippen LogP contribution is -2.36. The average Bonchev–Trinajstić information content (AvgIpc) is 1.46. The largest absolute Gasteiger partial charge is 0.454 e. The van der Waals surface area contributed by atoms with E-state index < -0.39 is 5.41 Å². The monoisotopic (exact) mass is 1210 g/mol. The molecule has 0 atom stereocenters. The molecular formula is C89H71N3O2. The van der Waals surface area contributed by atoms with Gasteiger partial charge in [-0.15, -0.1) is 0 Å². The second kappa shape index (κ2) is 21.7. The number of hydrogen-bond acceptors (Lipinski definition) is 5. The van der Waals surface area contributed by atoms with Gasteiger partial charge >= 0.3 is 0 Å². The van der Waals surface area contributed by atoms with E-state index in [1.807, 2.05) is 0 Å². The number of fused-ring (bicyclic) bond motifs is 19. The summed E-state index contributed by atoms with van der Waals surface area (Å²) in [6.45, 7) is 4.37. The van der Waals surface area contributed by atoms with Crippen molar-refractivity contribution in [3.05, 3.63) is 305 Å². The zero-order chi connectivity index (χ0) is 62.2. The summed E-state index contributed by atoms with van der Waals surface area (Å²) in [6, 6.07) is 98.8. The van der Waals surface area contributed by atoms with Crippen molar-refractivity contribution in [3.8, 4) is 11.1 Å². The zero-order valence-corrected chi connectivity index (χ0v) is 53.2. The number of anilines is 9. The first-order valence-corrected chi connectivity index (χ1v) is 34.3. The van der Waals surface area contributed by atoms with Crippen molar-refractivity contribution in [1.82, 2.24) is 0 Å². The molecule has 2 fully saturated rings. The van der Waals surface area contributed by atoms with Gasteiger partial charge in [0.2, 0.25) is 0 Å². The molecule has 4 aliphatic rings. The van der Waals surface area contributed by atoms with E-state index in [-0.39, 0.29) is 0 Å². The van der Waals surface area contributed by atoms with Crippen LogP contribution in [-0.4, -0.2) is 0 Å². The van der Waals surface area contributed by atoms with Crippen molar-refractivity contribution < 1.29 is 8.83 Å². The standard InChI is InChI=1S/C89H71N3O2/c1-56-46-50-61(51-47-56)91(79-44-22-38-71-69-36-20-34-63(85(69)93-87(71)79)58-24-6-3-7-25-58)81-54-75-83(67-32-14-12-30-65(67)81)84-68-33-15-13-31-66(68)82(55-76(84)89(75)73-40-16-18-42-77(73)90(60-28-10-5-11-29-60)78-43-19-17-41-74(78)89)92(62-52-48-57(2)49-53-62)80-45-23-39-72-70-37-21-35-64(86(70)94-88(72)80)59-26-8-4-9-27-59/h5,10-23,28-55,58-59H,3-4,6-9,24-27H2,1-2H3. The molecule has 5 heteroatoms. The molecule has 0 bridgehead atoms. The van der Waals surface area contributed by atoms with Crippen LogP contribution in [0.5, 0.6) is 0 Å². The fourth-order valence-corrected chi connectivity index (χ4v) is 17.7. The Morgan fingerprint density at radius 2 is 0.691 bits per heavy atom. The average molecular weight is 1210 g/mol. The van der Waals surface area contributed by atoms with Crippen LogP contribution in [0.15, 0.2) is 270 Å². The predicted molar refractivity (Wildman–Crippen MR) is 392 cm³/mol. The molecule has 3 aliphatic carbocycles. The summed E-state index contributed by atoms with van der Waals surface area (Å²) >= 11 is 0. The molecule has 0 amide bonds. The molecule has 3 heterocycles. The van der Waals surface area contributed by atoms with E-state index in [9.17, 15) is 0 Å². The smallest absolute Gasteiger partial charge is 0.159 e. The predicted octanol–water partition coefficient (Wildman–Crippen LogP) is 25.6. The molecular weight excluding hydrogens is 1140 g/mol. The van der Waals surface area contributed by atoms with Crippen LogP contribution in [0.3, 0.4) is 0 Å². The first-order valence-electron chi connectivity index (χ1n) is 34.3. The van der Waals surface area contributed by atoms with E-state index in [2.05, 4.69) is 289 Å². The van der Waals surface area contributed by atoms with Gasteiger partial charge in [0.1, 0.15) is 11.2 Å². The van der Waals surface area contributed by atoms with E-state index in [0.29, 0.717) is 11.8 Å². The van der Waals surface area contributed by atoms with Gasteiger partial charge in [-0.3, -0.25) is 0 Å². The molecule has 2 aromatic heterocycles. The molecule has 1 aliphatic heterocycles. The Bertz CT molecular complexity index is 5190. The number of aryl methyl sites for hydroxylation is 2. The second-order valence-corrected chi connectivity index (χ2v) is 27.2. The Morgan fingerprint density at radius 3 is 1.14 bits per heavy atom. The van der Waals surface area contributed by atoms with Gasteiger partial charge in [0.15, 0.2) is 11.2 Å². The number of benzene rings is 13. The molecule has 0 saturated heterocycles. The highest BCUT2D eigenvalue weighted by Gasteiger charge is 2.54. The van der Waals surface area contributed by atoms with Gasteiger partial charge in [0.25, 0.3) is 0 Å². The Morgan fingerprint density at radius 1 is 0.319 bits per heavy atom. The summed E-state index contributed by atoms with van der Waals surface area (Å²) < 4.78 is 15.0. The van der Waals surface area contributed by atoms with Gasteiger partial charge in [0.05, 0.1) is 39.5 Å². The van der Waals surface area contributed by atoms with Crippen LogP contribution in [-0.2, 0) is 5.41 Å². The fraction of sp³-hybridized carbons (Fsp3) is 0.169. The van der Waals surface area contributed by atoms with Crippen molar-refractivity contribution in [2.75, 3.05) is 14.7 Å². The minimum Gasteiger partial charge on any atom is -0.454 e. The van der Waals surface area contributed by atoms with Gasteiger partial charge in [-0.2, -0.15) is 0 Å². The number of hydrogen-bond donors (Lipinski definition) is 0. The third kappa shape index (κ3) is 8.19. The number of nitrogens with zero attached hydrogens (tertiary/aromatic N) is 3. The number of para-hydroxylation sites is 7. The molecule has 94 heavy (non-hydrogen) atoms. The molecule has 0 radical (unpaired) electrons. The maximum absolute atomic E-state index is 7.51. The lowest BCUT2D eigenvalue weighted by Gasteiger charge is -2.45. The van der Waals surface area contributed by atoms with Gasteiger partial charge in [-0.25, -0.2) is 0 Å². The molecule has 2 saturated carbocycles. The fourth-order valence-electron chi connectivity index (χ4n) is 17.7. The van der Waals surface area contributed by atoms with E-state index in [4.69, 9.17) is 8.83 Å². The molecule has 19 rings (SSSR count). The first-order chi connectivity index (χ1) is 46.5. The number of rotatable bonds is 9. The van der Waals surface area contributed by atoms with E-state index in [0.717, 1.165) is 95.1 Å². The van der Waals surface area contributed by atoms with Gasteiger partial charge < -0.3 is 23.5 Å². The number of furan rings is 2. The Kier molecular flexibility index (Phi) is 12.7. The molecule has 1 spiro atoms. The SMILES string of the molecule is Cc1ccc(N(c2cc3c(c4ccccc24)-c2c(cc(N(c4ccc(C)cc4)c4cccc5c4oc4c(C6CCCCC6)cccc45)c4ccccc24)C32c3ccccc3N(c3ccccc3)c3ccccc32)c2cccc3c2oc2c(C4CCCCC4)cccc23)cc1. The van der Waals surface area contributed by atoms with E-state index in [1.54, 1.807) is 0 Å². The summed E-state index contributed by atoms with van der Waals surface area (Å²) in [5, 5.41) is 9.32. The minimum absolute atomic E-state index is 0.478. The quantitative estimate of drug-likeness (QED) is 0.144. The van der Waals surface area contributed by atoms with Crippen LogP contribution >= 0.6 is 0 Å². The molecule has 13 aromatic carbocycles. The van der Waals surface area contributed by atoms with Crippen molar-refractivity contribution >= 4 is 117 Å². The highest BCUT2D eigenvalue weighted by Crippen LogP contribution is 2.68. The van der Waals surface area contributed by atoms with Crippen LogP contribution in [0.25, 0.3) is 76.5 Å². The first kappa shape index (κ1) is 55.1. The van der Waals surface area contributed by atoms with Gasteiger partial charge in [-0.05, 0) is 179 Å². The molecule has 5 nitrogen and oxygen atoms in total. The minimum atomic E-state index is -0.890. The topological polar surface area (TPSA) is 36.0 Å². The Hall–Kier alpha value is -10.6. The van der Waals surface area contributed by atoms with Gasteiger partial charge in [0, 0.05) is 49.4 Å². The molecule has 0 N–H and O–H groups in total.